The number of aromatic nitrogens is 2. The Morgan fingerprint density at radius 3 is 2.59 bits per heavy atom. The molecular formula is C13H15FN2O. The molecule has 0 saturated heterocycles. The lowest BCUT2D eigenvalue weighted by Crippen LogP contribution is -2.07. The van der Waals surface area contributed by atoms with Crippen LogP contribution in [0.15, 0.2) is 24.3 Å². The van der Waals surface area contributed by atoms with Crippen molar-refractivity contribution in [3.63, 3.8) is 0 Å². The number of halogens is 1. The summed E-state index contributed by atoms with van der Waals surface area (Å²) in [5.41, 5.74) is 2.64. The zero-order chi connectivity index (χ0) is 12.6. The maximum Gasteiger partial charge on any atom is 0.131 e. The van der Waals surface area contributed by atoms with Crippen LogP contribution in [0.2, 0.25) is 0 Å². The summed E-state index contributed by atoms with van der Waals surface area (Å²) in [6, 6.07) is 6.63. The van der Waals surface area contributed by atoms with Crippen LogP contribution in [0.3, 0.4) is 0 Å². The van der Waals surface area contributed by atoms with Gasteiger partial charge in [-0.15, -0.1) is 0 Å². The molecule has 3 nitrogen and oxygen atoms in total. The Balaban J connectivity index is 2.67. The van der Waals surface area contributed by atoms with Crippen LogP contribution in [0.1, 0.15) is 30.0 Å². The summed E-state index contributed by atoms with van der Waals surface area (Å²) in [4.78, 5) is 0. The summed E-state index contributed by atoms with van der Waals surface area (Å²) in [6.45, 7) is 5.33. The molecule has 1 aromatic heterocycles. The number of rotatable bonds is 2. The highest BCUT2D eigenvalue weighted by Gasteiger charge is 2.16. The van der Waals surface area contributed by atoms with Crippen LogP contribution >= 0.6 is 0 Å². The van der Waals surface area contributed by atoms with Crippen LogP contribution < -0.4 is 0 Å². The average Bonchev–Trinajstić information content (AvgIpc) is 2.56. The Bertz CT molecular complexity index is 546. The molecular weight excluding hydrogens is 219 g/mol. The molecule has 2 rings (SSSR count). The van der Waals surface area contributed by atoms with Gasteiger partial charge in [0.15, 0.2) is 0 Å². The fourth-order valence-corrected chi connectivity index (χ4v) is 2.00. The summed E-state index contributed by atoms with van der Waals surface area (Å²) >= 11 is 0. The van der Waals surface area contributed by atoms with Crippen LogP contribution in [-0.2, 0) is 0 Å². The first-order valence-electron chi connectivity index (χ1n) is 5.51. The van der Waals surface area contributed by atoms with Crippen molar-refractivity contribution < 1.29 is 9.50 Å². The minimum atomic E-state index is -0.866. The van der Waals surface area contributed by atoms with Crippen molar-refractivity contribution >= 4 is 0 Å². The summed E-state index contributed by atoms with van der Waals surface area (Å²) in [5, 5.41) is 14.0. The molecule has 2 aromatic rings. The van der Waals surface area contributed by atoms with Crippen molar-refractivity contribution in [3.05, 3.63) is 47.0 Å². The van der Waals surface area contributed by atoms with Crippen LogP contribution in [0, 0.1) is 19.7 Å². The van der Waals surface area contributed by atoms with Gasteiger partial charge >= 0.3 is 0 Å². The molecule has 0 aliphatic carbocycles. The molecule has 0 spiro atoms. The van der Waals surface area contributed by atoms with Gasteiger partial charge in [-0.25, -0.2) is 9.07 Å². The van der Waals surface area contributed by atoms with E-state index in [0.29, 0.717) is 5.69 Å². The molecule has 1 heterocycles. The van der Waals surface area contributed by atoms with Crippen molar-refractivity contribution in [2.75, 3.05) is 0 Å². The molecule has 0 amide bonds. The lowest BCUT2D eigenvalue weighted by Gasteiger charge is -2.14. The Hall–Kier alpha value is -1.68. The zero-order valence-corrected chi connectivity index (χ0v) is 10.1. The third-order valence-corrected chi connectivity index (χ3v) is 2.69. The average molecular weight is 234 g/mol. The van der Waals surface area contributed by atoms with Crippen molar-refractivity contribution in [1.29, 1.82) is 0 Å². The molecule has 17 heavy (non-hydrogen) atoms. The zero-order valence-electron chi connectivity index (χ0n) is 10.1. The van der Waals surface area contributed by atoms with Gasteiger partial charge in [-0.2, -0.15) is 5.10 Å². The topological polar surface area (TPSA) is 38.0 Å². The Labute approximate surface area is 99.5 Å². The molecule has 0 saturated carbocycles. The van der Waals surface area contributed by atoms with Gasteiger partial charge in [-0.3, -0.25) is 0 Å². The first-order valence-corrected chi connectivity index (χ1v) is 5.51. The van der Waals surface area contributed by atoms with Gasteiger partial charge in [0.25, 0.3) is 0 Å². The summed E-state index contributed by atoms with van der Waals surface area (Å²) in [5.74, 6) is -0.412. The fraction of sp³-hybridized carbons (Fsp3) is 0.308. The first-order chi connectivity index (χ1) is 8.00. The molecule has 90 valence electrons. The SMILES string of the molecule is Cc1cc(C)n(-c2cccc(F)c2[C@H](C)O)n1. The van der Waals surface area contributed by atoms with Gasteiger partial charge in [0.2, 0.25) is 0 Å². The molecule has 0 radical (unpaired) electrons. The van der Waals surface area contributed by atoms with Crippen molar-refractivity contribution in [3.8, 4) is 5.69 Å². The smallest absolute Gasteiger partial charge is 0.131 e. The highest BCUT2D eigenvalue weighted by Crippen LogP contribution is 2.25. The third kappa shape index (κ3) is 2.08. The second kappa shape index (κ2) is 4.30. The normalized spacial score (nSPS) is 12.8. The van der Waals surface area contributed by atoms with E-state index in [0.717, 1.165) is 11.4 Å². The molecule has 1 aromatic carbocycles. The highest BCUT2D eigenvalue weighted by molar-refractivity contribution is 5.43. The molecule has 1 N–H and O–H groups in total. The Morgan fingerprint density at radius 2 is 2.06 bits per heavy atom. The minimum Gasteiger partial charge on any atom is -0.389 e. The van der Waals surface area contributed by atoms with E-state index in [9.17, 15) is 9.50 Å². The number of aliphatic hydroxyl groups is 1. The van der Waals surface area contributed by atoms with Crippen molar-refractivity contribution in [1.82, 2.24) is 9.78 Å². The van der Waals surface area contributed by atoms with Gasteiger partial charge in [0, 0.05) is 11.3 Å². The second-order valence-electron chi connectivity index (χ2n) is 4.19. The van der Waals surface area contributed by atoms with Crippen LogP contribution in [0.5, 0.6) is 0 Å². The molecule has 0 aliphatic heterocycles. The van der Waals surface area contributed by atoms with Crippen LogP contribution in [0.4, 0.5) is 4.39 Å². The number of hydrogen-bond acceptors (Lipinski definition) is 2. The second-order valence-corrected chi connectivity index (χ2v) is 4.19. The van der Waals surface area contributed by atoms with E-state index in [2.05, 4.69) is 5.10 Å². The standard InChI is InChI=1S/C13H15FN2O/c1-8-7-9(2)16(15-8)12-6-4-5-11(14)13(12)10(3)17/h4-7,10,17H,1-3H3/t10-/m0/s1. The van der Waals surface area contributed by atoms with E-state index < -0.39 is 11.9 Å². The molecule has 1 atom stereocenters. The Morgan fingerprint density at radius 1 is 1.35 bits per heavy atom. The quantitative estimate of drug-likeness (QED) is 0.867. The molecule has 0 bridgehead atoms. The lowest BCUT2D eigenvalue weighted by molar-refractivity contribution is 0.193. The van der Waals surface area contributed by atoms with Crippen molar-refractivity contribution in [2.45, 2.75) is 26.9 Å². The predicted molar refractivity (Wildman–Crippen MR) is 63.6 cm³/mol. The largest absolute Gasteiger partial charge is 0.389 e. The molecule has 0 unspecified atom stereocenters. The monoisotopic (exact) mass is 234 g/mol. The maximum absolute atomic E-state index is 13.7. The molecule has 4 heteroatoms. The summed E-state index contributed by atoms with van der Waals surface area (Å²) < 4.78 is 15.4. The minimum absolute atomic E-state index is 0.277. The van der Waals surface area contributed by atoms with Gasteiger partial charge in [0.1, 0.15) is 5.82 Å². The van der Waals surface area contributed by atoms with E-state index in [1.807, 2.05) is 19.9 Å². The summed E-state index contributed by atoms with van der Waals surface area (Å²) in [7, 11) is 0. The maximum atomic E-state index is 13.7. The predicted octanol–water partition coefficient (Wildman–Crippen LogP) is 2.68. The van der Waals surface area contributed by atoms with Crippen LogP contribution in [-0.4, -0.2) is 14.9 Å². The summed E-state index contributed by atoms with van der Waals surface area (Å²) in [6.07, 6.45) is -0.866. The van der Waals surface area contributed by atoms with E-state index in [1.165, 1.54) is 6.07 Å². The molecule has 0 fully saturated rings. The number of nitrogens with zero attached hydrogens (tertiary/aromatic N) is 2. The number of benzene rings is 1. The van der Waals surface area contributed by atoms with Crippen LogP contribution in [0.25, 0.3) is 5.69 Å². The Kier molecular flexibility index (Phi) is 2.98. The number of aryl methyl sites for hydroxylation is 2. The van der Waals surface area contributed by atoms with Crippen molar-refractivity contribution in [2.24, 2.45) is 0 Å². The van der Waals surface area contributed by atoms with Gasteiger partial charge < -0.3 is 5.11 Å². The molecule has 0 aliphatic rings. The number of hydrogen-bond donors (Lipinski definition) is 1. The third-order valence-electron chi connectivity index (χ3n) is 2.69. The van der Waals surface area contributed by atoms with E-state index in [-0.39, 0.29) is 5.56 Å². The lowest BCUT2D eigenvalue weighted by atomic mass is 10.1. The highest BCUT2D eigenvalue weighted by atomic mass is 19.1. The van der Waals surface area contributed by atoms with Gasteiger partial charge in [-0.05, 0) is 39.0 Å². The van der Waals surface area contributed by atoms with E-state index in [1.54, 1.807) is 23.7 Å². The van der Waals surface area contributed by atoms with Gasteiger partial charge in [-0.1, -0.05) is 6.07 Å². The van der Waals surface area contributed by atoms with Gasteiger partial charge in [0.05, 0.1) is 17.5 Å². The van der Waals surface area contributed by atoms with E-state index >= 15 is 0 Å². The first kappa shape index (κ1) is 11.8. The fourth-order valence-electron chi connectivity index (χ4n) is 2.00. The van der Waals surface area contributed by atoms with E-state index in [4.69, 9.17) is 0 Å². The number of aliphatic hydroxyl groups excluding tert-OH is 1.